The zero-order valence-corrected chi connectivity index (χ0v) is 11.9. The Labute approximate surface area is 115 Å². The van der Waals surface area contributed by atoms with Gasteiger partial charge in [-0.05, 0) is 31.7 Å². The van der Waals surface area contributed by atoms with Gasteiger partial charge in [0.1, 0.15) is 0 Å². The summed E-state index contributed by atoms with van der Waals surface area (Å²) in [6, 6.07) is 10.0. The van der Waals surface area contributed by atoms with Gasteiger partial charge in [0.25, 0.3) is 0 Å². The summed E-state index contributed by atoms with van der Waals surface area (Å²) in [7, 11) is 0. The second-order valence-electron chi connectivity index (χ2n) is 5.60. The molecule has 3 atom stereocenters. The maximum Gasteiger partial charge on any atom is 0.227 e. The first-order valence-corrected chi connectivity index (χ1v) is 7.22. The van der Waals surface area contributed by atoms with E-state index in [9.17, 15) is 4.79 Å². The van der Waals surface area contributed by atoms with E-state index in [1.165, 1.54) is 6.42 Å². The maximum absolute atomic E-state index is 12.6. The van der Waals surface area contributed by atoms with Crippen LogP contribution in [0.1, 0.15) is 44.7 Å². The number of hydrogen-bond donors (Lipinski definition) is 1. The van der Waals surface area contributed by atoms with Gasteiger partial charge >= 0.3 is 0 Å². The van der Waals surface area contributed by atoms with E-state index in [2.05, 4.69) is 6.92 Å². The van der Waals surface area contributed by atoms with Crippen LogP contribution in [0.5, 0.6) is 0 Å². The molecule has 1 amide bonds. The summed E-state index contributed by atoms with van der Waals surface area (Å²) in [6.07, 6.45) is 3.45. The molecule has 1 heterocycles. The summed E-state index contributed by atoms with van der Waals surface area (Å²) in [6.45, 7) is 4.96. The topological polar surface area (TPSA) is 46.3 Å². The summed E-state index contributed by atoms with van der Waals surface area (Å²) in [4.78, 5) is 14.6. The monoisotopic (exact) mass is 260 g/mol. The molecule has 2 rings (SSSR count). The Morgan fingerprint density at radius 3 is 2.63 bits per heavy atom. The van der Waals surface area contributed by atoms with Crippen molar-refractivity contribution in [2.75, 3.05) is 6.54 Å². The molecule has 104 valence electrons. The predicted molar refractivity (Wildman–Crippen MR) is 77.6 cm³/mol. The van der Waals surface area contributed by atoms with Gasteiger partial charge in [-0.25, -0.2) is 0 Å². The third-order valence-electron chi connectivity index (χ3n) is 4.20. The van der Waals surface area contributed by atoms with Crippen LogP contribution in [0.4, 0.5) is 0 Å². The summed E-state index contributed by atoms with van der Waals surface area (Å²) >= 11 is 0. The van der Waals surface area contributed by atoms with E-state index < -0.39 is 0 Å². The number of likely N-dealkylation sites (tertiary alicyclic amines) is 1. The van der Waals surface area contributed by atoms with Crippen molar-refractivity contribution in [3.05, 3.63) is 35.9 Å². The SMILES string of the molecule is CC(C(=O)N1CCCCC1C)C(N)c1ccccc1. The van der Waals surface area contributed by atoms with Gasteiger partial charge in [0.2, 0.25) is 5.91 Å². The van der Waals surface area contributed by atoms with Crippen molar-refractivity contribution < 1.29 is 4.79 Å². The van der Waals surface area contributed by atoms with Gasteiger partial charge in [-0.1, -0.05) is 37.3 Å². The third kappa shape index (κ3) is 3.16. The normalized spacial score (nSPS) is 22.9. The Kier molecular flexibility index (Phi) is 4.59. The Bertz CT molecular complexity index is 418. The van der Waals surface area contributed by atoms with Crippen LogP contribution < -0.4 is 5.73 Å². The number of rotatable bonds is 3. The first kappa shape index (κ1) is 14.1. The minimum absolute atomic E-state index is 0.164. The van der Waals surface area contributed by atoms with Crippen molar-refractivity contribution in [1.82, 2.24) is 4.90 Å². The van der Waals surface area contributed by atoms with Crippen LogP contribution in [0.3, 0.4) is 0 Å². The number of carbonyl (C=O) groups is 1. The molecule has 1 aromatic carbocycles. The Hall–Kier alpha value is -1.35. The van der Waals surface area contributed by atoms with Crippen LogP contribution in [-0.4, -0.2) is 23.4 Å². The molecule has 1 aliphatic rings. The van der Waals surface area contributed by atoms with Crippen molar-refractivity contribution in [2.24, 2.45) is 11.7 Å². The maximum atomic E-state index is 12.6. The highest BCUT2D eigenvalue weighted by Gasteiger charge is 2.30. The molecule has 3 nitrogen and oxygen atoms in total. The standard InChI is InChI=1S/C16H24N2O/c1-12-8-6-7-11-18(12)16(19)13(2)15(17)14-9-4-3-5-10-14/h3-5,9-10,12-13,15H,6-8,11,17H2,1-2H3. The number of benzene rings is 1. The van der Waals surface area contributed by atoms with Gasteiger partial charge < -0.3 is 10.6 Å². The Morgan fingerprint density at radius 1 is 1.32 bits per heavy atom. The number of piperidine rings is 1. The van der Waals surface area contributed by atoms with Crippen LogP contribution in [0.2, 0.25) is 0 Å². The average molecular weight is 260 g/mol. The van der Waals surface area contributed by atoms with Crippen LogP contribution in [0.15, 0.2) is 30.3 Å². The van der Waals surface area contributed by atoms with Crippen LogP contribution >= 0.6 is 0 Å². The number of hydrogen-bond acceptors (Lipinski definition) is 2. The van der Waals surface area contributed by atoms with Crippen molar-refractivity contribution in [3.8, 4) is 0 Å². The zero-order valence-electron chi connectivity index (χ0n) is 11.9. The quantitative estimate of drug-likeness (QED) is 0.908. The minimum Gasteiger partial charge on any atom is -0.340 e. The van der Waals surface area contributed by atoms with E-state index in [-0.39, 0.29) is 17.9 Å². The van der Waals surface area contributed by atoms with Gasteiger partial charge in [-0.2, -0.15) is 0 Å². The summed E-state index contributed by atoms with van der Waals surface area (Å²) in [5.74, 6) is 0.0338. The number of nitrogens with two attached hydrogens (primary N) is 1. The van der Waals surface area contributed by atoms with Crippen molar-refractivity contribution >= 4 is 5.91 Å². The molecule has 3 heteroatoms. The second kappa shape index (κ2) is 6.20. The van der Waals surface area contributed by atoms with Crippen LogP contribution in [0.25, 0.3) is 0 Å². The largest absolute Gasteiger partial charge is 0.340 e. The molecule has 0 spiro atoms. The molecule has 1 saturated heterocycles. The van der Waals surface area contributed by atoms with Gasteiger partial charge in [-0.15, -0.1) is 0 Å². The lowest BCUT2D eigenvalue weighted by molar-refractivity contribution is -0.139. The first-order valence-electron chi connectivity index (χ1n) is 7.22. The fourth-order valence-corrected chi connectivity index (χ4v) is 2.80. The lowest BCUT2D eigenvalue weighted by atomic mass is 9.92. The lowest BCUT2D eigenvalue weighted by Gasteiger charge is -2.36. The van der Waals surface area contributed by atoms with E-state index in [0.717, 1.165) is 24.9 Å². The summed E-state index contributed by atoms with van der Waals surface area (Å²) in [5, 5.41) is 0. The molecule has 0 saturated carbocycles. The predicted octanol–water partition coefficient (Wildman–Crippen LogP) is 2.72. The van der Waals surface area contributed by atoms with Gasteiger partial charge in [-0.3, -0.25) is 4.79 Å². The van der Waals surface area contributed by atoms with Crippen molar-refractivity contribution in [2.45, 2.75) is 45.2 Å². The molecule has 2 N–H and O–H groups in total. The number of carbonyl (C=O) groups excluding carboxylic acids is 1. The van der Waals surface area contributed by atoms with Crippen molar-refractivity contribution in [3.63, 3.8) is 0 Å². The smallest absolute Gasteiger partial charge is 0.227 e. The van der Waals surface area contributed by atoms with Gasteiger partial charge in [0.05, 0.1) is 5.92 Å². The fourth-order valence-electron chi connectivity index (χ4n) is 2.80. The van der Waals surface area contributed by atoms with E-state index in [0.29, 0.717) is 6.04 Å². The van der Waals surface area contributed by atoms with Crippen LogP contribution in [-0.2, 0) is 4.79 Å². The van der Waals surface area contributed by atoms with Crippen molar-refractivity contribution in [1.29, 1.82) is 0 Å². The lowest BCUT2D eigenvalue weighted by Crippen LogP contribution is -2.46. The van der Waals surface area contributed by atoms with E-state index in [1.54, 1.807) is 0 Å². The molecule has 0 bridgehead atoms. The van der Waals surface area contributed by atoms with E-state index in [4.69, 9.17) is 5.73 Å². The van der Waals surface area contributed by atoms with Crippen LogP contribution in [0, 0.1) is 5.92 Å². The minimum atomic E-state index is -0.220. The molecule has 1 fully saturated rings. The average Bonchev–Trinajstić information content (AvgIpc) is 2.46. The van der Waals surface area contributed by atoms with E-state index >= 15 is 0 Å². The highest BCUT2D eigenvalue weighted by atomic mass is 16.2. The zero-order chi connectivity index (χ0) is 13.8. The Morgan fingerprint density at radius 2 is 2.00 bits per heavy atom. The molecule has 1 aliphatic heterocycles. The molecule has 1 aromatic rings. The first-order chi connectivity index (χ1) is 9.11. The summed E-state index contributed by atoms with van der Waals surface area (Å²) in [5.41, 5.74) is 7.28. The highest BCUT2D eigenvalue weighted by Crippen LogP contribution is 2.25. The second-order valence-corrected chi connectivity index (χ2v) is 5.60. The third-order valence-corrected chi connectivity index (χ3v) is 4.20. The molecule has 3 unspecified atom stereocenters. The number of amides is 1. The molecule has 0 aromatic heterocycles. The number of nitrogens with zero attached hydrogens (tertiary/aromatic N) is 1. The molecular formula is C16H24N2O. The molecule has 0 aliphatic carbocycles. The Balaban J connectivity index is 2.06. The fraction of sp³-hybridized carbons (Fsp3) is 0.562. The van der Waals surface area contributed by atoms with E-state index in [1.807, 2.05) is 42.2 Å². The summed E-state index contributed by atoms with van der Waals surface area (Å²) < 4.78 is 0. The van der Waals surface area contributed by atoms with Gasteiger partial charge in [0, 0.05) is 18.6 Å². The molecular weight excluding hydrogens is 236 g/mol. The molecule has 0 radical (unpaired) electrons. The van der Waals surface area contributed by atoms with Gasteiger partial charge in [0.15, 0.2) is 0 Å². The highest BCUT2D eigenvalue weighted by molar-refractivity contribution is 5.79. The molecule has 19 heavy (non-hydrogen) atoms.